The lowest BCUT2D eigenvalue weighted by molar-refractivity contribution is 0.440. The summed E-state index contributed by atoms with van der Waals surface area (Å²) in [4.78, 5) is 0. The van der Waals surface area contributed by atoms with E-state index in [4.69, 9.17) is 0 Å². The van der Waals surface area contributed by atoms with Crippen LogP contribution in [0.4, 0.5) is 0 Å². The van der Waals surface area contributed by atoms with Gasteiger partial charge in [-0.15, -0.1) is 0 Å². The fourth-order valence-electron chi connectivity index (χ4n) is 3.71. The van der Waals surface area contributed by atoms with Crippen LogP contribution in [-0.4, -0.2) is 10.2 Å². The molecule has 2 heteroatoms. The quantitative estimate of drug-likeness (QED) is 0.728. The lowest BCUT2D eigenvalue weighted by Gasteiger charge is -2.31. The van der Waals surface area contributed by atoms with Crippen molar-refractivity contribution in [1.29, 1.82) is 0 Å². The first-order chi connectivity index (χ1) is 11.5. The highest BCUT2D eigenvalue weighted by atomic mass is 16.3. The molecule has 0 aliphatic heterocycles. The Morgan fingerprint density at radius 3 is 1.36 bits per heavy atom. The van der Waals surface area contributed by atoms with Gasteiger partial charge in [0.15, 0.2) is 0 Å². The fraction of sp³-hybridized carbons (Fsp3) is 0.435. The van der Waals surface area contributed by atoms with Gasteiger partial charge in [-0.1, -0.05) is 72.7 Å². The van der Waals surface area contributed by atoms with Gasteiger partial charge in [0.05, 0.1) is 0 Å². The molecule has 2 radical (unpaired) electrons. The molecule has 0 saturated carbocycles. The van der Waals surface area contributed by atoms with E-state index in [2.05, 4.69) is 60.1 Å². The third-order valence-electron chi connectivity index (χ3n) is 4.56. The van der Waals surface area contributed by atoms with Crippen LogP contribution in [0, 0.1) is 6.42 Å². The second-order valence-corrected chi connectivity index (χ2v) is 8.70. The standard InChI is InChI=1S/C23H30O2/c1-8-15(16-11-9-13-18(24)20(16)22(2,3)4)17-12-10-14-19(25)21(17)23(5,6)7/h9-15,24-25H,1-7H3. The monoisotopic (exact) mass is 338 g/mol. The maximum atomic E-state index is 10.5. The maximum Gasteiger partial charge on any atom is 0.119 e. The summed E-state index contributed by atoms with van der Waals surface area (Å²) in [6.07, 6.45) is 3.39. The number of phenols is 2. The topological polar surface area (TPSA) is 40.5 Å². The summed E-state index contributed by atoms with van der Waals surface area (Å²) in [6, 6.07) is 11.3. The van der Waals surface area contributed by atoms with E-state index in [1.807, 2.05) is 19.1 Å². The van der Waals surface area contributed by atoms with Crippen molar-refractivity contribution in [3.63, 3.8) is 0 Å². The molecule has 2 rings (SSSR count). The zero-order chi connectivity index (χ0) is 19.0. The van der Waals surface area contributed by atoms with Gasteiger partial charge < -0.3 is 10.2 Å². The fourth-order valence-corrected chi connectivity index (χ4v) is 3.71. The van der Waals surface area contributed by atoms with Crippen molar-refractivity contribution in [3.8, 4) is 11.5 Å². The van der Waals surface area contributed by atoms with Crippen molar-refractivity contribution < 1.29 is 10.2 Å². The number of phenolic OH excluding ortho intramolecular Hbond substituents is 2. The predicted molar refractivity (Wildman–Crippen MR) is 104 cm³/mol. The molecule has 0 aliphatic rings. The van der Waals surface area contributed by atoms with Gasteiger partial charge in [0.1, 0.15) is 11.5 Å². The molecular weight excluding hydrogens is 308 g/mol. The van der Waals surface area contributed by atoms with Crippen LogP contribution in [0.3, 0.4) is 0 Å². The van der Waals surface area contributed by atoms with Crippen LogP contribution in [0.1, 0.15) is 76.6 Å². The second kappa shape index (κ2) is 6.74. The SMILES string of the molecule is C[C]C(c1cccc(O)c1C(C)(C)C)c1cccc(O)c1C(C)(C)C. The molecule has 2 N–H and O–H groups in total. The van der Waals surface area contributed by atoms with Crippen molar-refractivity contribution in [3.05, 3.63) is 65.1 Å². The normalized spacial score (nSPS) is 12.6. The van der Waals surface area contributed by atoms with Crippen LogP contribution in [0.25, 0.3) is 0 Å². The van der Waals surface area contributed by atoms with E-state index in [0.717, 1.165) is 22.3 Å². The predicted octanol–water partition coefficient (Wildman–Crippen LogP) is 5.93. The van der Waals surface area contributed by atoms with Crippen LogP contribution in [-0.2, 0) is 10.8 Å². The number of benzene rings is 2. The zero-order valence-electron chi connectivity index (χ0n) is 16.4. The highest BCUT2D eigenvalue weighted by Gasteiger charge is 2.30. The number of aromatic hydroxyl groups is 2. The van der Waals surface area contributed by atoms with Crippen molar-refractivity contribution in [2.45, 2.75) is 65.2 Å². The molecule has 2 aromatic carbocycles. The van der Waals surface area contributed by atoms with Crippen LogP contribution in [0.15, 0.2) is 36.4 Å². The van der Waals surface area contributed by atoms with E-state index in [1.54, 1.807) is 12.1 Å². The molecule has 0 aliphatic carbocycles. The molecule has 0 amide bonds. The van der Waals surface area contributed by atoms with Crippen molar-refractivity contribution in [2.24, 2.45) is 0 Å². The zero-order valence-corrected chi connectivity index (χ0v) is 16.4. The molecule has 0 saturated heterocycles. The first kappa shape index (κ1) is 19.4. The largest absolute Gasteiger partial charge is 0.508 e. The summed E-state index contributed by atoms with van der Waals surface area (Å²) >= 11 is 0. The Bertz CT molecular complexity index is 682. The molecule has 0 unspecified atom stereocenters. The molecule has 0 atom stereocenters. The Hall–Kier alpha value is -1.96. The molecule has 0 bridgehead atoms. The molecule has 0 spiro atoms. The van der Waals surface area contributed by atoms with Crippen LogP contribution in [0.5, 0.6) is 11.5 Å². The molecule has 134 valence electrons. The number of hydrogen-bond acceptors (Lipinski definition) is 2. The lowest BCUT2D eigenvalue weighted by Crippen LogP contribution is -2.20. The highest BCUT2D eigenvalue weighted by molar-refractivity contribution is 5.54. The smallest absolute Gasteiger partial charge is 0.119 e. The van der Waals surface area contributed by atoms with Gasteiger partial charge in [0.25, 0.3) is 0 Å². The Labute approximate surface area is 152 Å². The summed E-state index contributed by atoms with van der Waals surface area (Å²) in [5.41, 5.74) is 3.52. The Morgan fingerprint density at radius 2 is 1.08 bits per heavy atom. The van der Waals surface area contributed by atoms with E-state index in [9.17, 15) is 10.2 Å². The van der Waals surface area contributed by atoms with Crippen LogP contribution >= 0.6 is 0 Å². The van der Waals surface area contributed by atoms with Gasteiger partial charge in [-0.3, -0.25) is 0 Å². The Morgan fingerprint density at radius 1 is 0.720 bits per heavy atom. The van der Waals surface area contributed by atoms with E-state index in [0.29, 0.717) is 11.5 Å². The Balaban J connectivity index is 2.77. The van der Waals surface area contributed by atoms with Crippen molar-refractivity contribution in [2.75, 3.05) is 0 Å². The molecule has 25 heavy (non-hydrogen) atoms. The molecule has 2 aromatic rings. The summed E-state index contributed by atoms with van der Waals surface area (Å²) in [5.74, 6) is 0.494. The molecular formula is C23H30O2. The Kier molecular flexibility index (Phi) is 5.22. The van der Waals surface area contributed by atoms with Gasteiger partial charge in [-0.2, -0.15) is 0 Å². The van der Waals surface area contributed by atoms with Gasteiger partial charge in [0.2, 0.25) is 0 Å². The van der Waals surface area contributed by atoms with Crippen molar-refractivity contribution in [1.82, 2.24) is 0 Å². The van der Waals surface area contributed by atoms with Crippen LogP contribution < -0.4 is 0 Å². The first-order valence-electron chi connectivity index (χ1n) is 8.80. The van der Waals surface area contributed by atoms with Crippen LogP contribution in [0.2, 0.25) is 0 Å². The average molecular weight is 338 g/mol. The van der Waals surface area contributed by atoms with Gasteiger partial charge in [-0.05, 0) is 40.5 Å². The molecule has 0 aromatic heterocycles. The number of hydrogen-bond donors (Lipinski definition) is 2. The van der Waals surface area contributed by atoms with E-state index in [-0.39, 0.29) is 16.7 Å². The summed E-state index contributed by atoms with van der Waals surface area (Å²) < 4.78 is 0. The lowest BCUT2D eigenvalue weighted by atomic mass is 9.73. The third kappa shape index (κ3) is 3.84. The average Bonchev–Trinajstić information content (AvgIpc) is 2.45. The van der Waals surface area contributed by atoms with Gasteiger partial charge in [-0.25, -0.2) is 0 Å². The van der Waals surface area contributed by atoms with E-state index >= 15 is 0 Å². The van der Waals surface area contributed by atoms with E-state index < -0.39 is 0 Å². The highest BCUT2D eigenvalue weighted by Crippen LogP contribution is 2.44. The minimum atomic E-state index is -0.200. The summed E-state index contributed by atoms with van der Waals surface area (Å²) in [7, 11) is 0. The van der Waals surface area contributed by atoms with E-state index in [1.165, 1.54) is 0 Å². The molecule has 2 nitrogen and oxygen atoms in total. The first-order valence-corrected chi connectivity index (χ1v) is 8.80. The summed E-state index contributed by atoms with van der Waals surface area (Å²) in [6.45, 7) is 14.5. The minimum Gasteiger partial charge on any atom is -0.508 e. The third-order valence-corrected chi connectivity index (χ3v) is 4.56. The van der Waals surface area contributed by atoms with Crippen molar-refractivity contribution >= 4 is 0 Å². The maximum absolute atomic E-state index is 10.5. The van der Waals surface area contributed by atoms with Gasteiger partial charge in [0, 0.05) is 17.0 Å². The van der Waals surface area contributed by atoms with Gasteiger partial charge >= 0.3 is 0 Å². The summed E-state index contributed by atoms with van der Waals surface area (Å²) in [5, 5.41) is 21.0. The molecule has 0 fully saturated rings. The second-order valence-electron chi connectivity index (χ2n) is 8.70. The molecule has 0 heterocycles. The number of rotatable bonds is 3. The minimum absolute atomic E-state index is 0.123.